The van der Waals surface area contributed by atoms with Crippen LogP contribution in [0.1, 0.15) is 12.5 Å². The van der Waals surface area contributed by atoms with Gasteiger partial charge in [0.05, 0.1) is 39.7 Å². The van der Waals surface area contributed by atoms with Crippen LogP contribution >= 0.6 is 0 Å². The van der Waals surface area contributed by atoms with Gasteiger partial charge in [-0.3, -0.25) is 0 Å². The summed E-state index contributed by atoms with van der Waals surface area (Å²) in [7, 11) is 4.55. The maximum absolute atomic E-state index is 12.9. The number of nitrogens with zero attached hydrogens (tertiary/aromatic N) is 1. The van der Waals surface area contributed by atoms with E-state index in [4.69, 9.17) is 28.4 Å². The van der Waals surface area contributed by atoms with Gasteiger partial charge in [0.1, 0.15) is 11.3 Å². The first-order valence-electron chi connectivity index (χ1n) is 10.2. The van der Waals surface area contributed by atoms with Gasteiger partial charge in [-0.15, -0.1) is 6.58 Å². The molecule has 0 fully saturated rings. The minimum atomic E-state index is -0.764. The van der Waals surface area contributed by atoms with E-state index in [0.29, 0.717) is 45.7 Å². The molecule has 9 heteroatoms. The molecule has 0 aromatic heterocycles. The normalized spacial score (nSPS) is 16.2. The Morgan fingerprint density at radius 3 is 2.30 bits per heavy atom. The van der Waals surface area contributed by atoms with E-state index in [1.54, 1.807) is 37.3 Å². The lowest BCUT2D eigenvalue weighted by molar-refractivity contribution is -0.138. The van der Waals surface area contributed by atoms with Crippen LogP contribution in [0.15, 0.2) is 42.5 Å². The molecule has 2 aliphatic rings. The molecule has 0 aliphatic carbocycles. The summed E-state index contributed by atoms with van der Waals surface area (Å²) in [5.41, 5.74) is 1.61. The molecule has 0 radical (unpaired) electrons. The fourth-order valence-electron chi connectivity index (χ4n) is 4.04. The zero-order chi connectivity index (χ0) is 23.7. The van der Waals surface area contributed by atoms with Crippen LogP contribution in [-0.4, -0.2) is 51.8 Å². The molecule has 9 nitrogen and oxygen atoms in total. The van der Waals surface area contributed by atoms with Crippen LogP contribution in [0.2, 0.25) is 0 Å². The number of hydrogen-bond acceptors (Lipinski definition) is 9. The predicted octanol–water partition coefficient (Wildman–Crippen LogP) is 3.98. The van der Waals surface area contributed by atoms with Crippen LogP contribution in [0.4, 0.5) is 11.4 Å². The molecule has 1 atom stereocenters. The van der Waals surface area contributed by atoms with Gasteiger partial charge >= 0.3 is 5.97 Å². The fraction of sp³-hybridized carbons (Fsp3) is 0.292. The Hall–Kier alpha value is -4.01. The highest BCUT2D eigenvalue weighted by Crippen LogP contribution is 2.50. The minimum Gasteiger partial charge on any atom is -0.507 e. The van der Waals surface area contributed by atoms with Gasteiger partial charge in [-0.25, -0.2) is 4.79 Å². The SMILES string of the molecule is C=CC1C(C(=O)OCC)=C(O)c2cc3c(cc2N1c1cc(OC)c(OC)c(OC)c1)OCO3. The molecule has 0 amide bonds. The highest BCUT2D eigenvalue weighted by Gasteiger charge is 2.39. The summed E-state index contributed by atoms with van der Waals surface area (Å²) >= 11 is 0. The van der Waals surface area contributed by atoms with E-state index in [1.165, 1.54) is 21.3 Å². The lowest BCUT2D eigenvalue weighted by Gasteiger charge is -2.38. The maximum atomic E-state index is 12.9. The van der Waals surface area contributed by atoms with Crippen LogP contribution < -0.4 is 28.6 Å². The summed E-state index contributed by atoms with van der Waals surface area (Å²) in [5, 5.41) is 11.1. The molecule has 4 rings (SSSR count). The zero-order valence-electron chi connectivity index (χ0n) is 18.8. The number of anilines is 2. The van der Waals surface area contributed by atoms with Gasteiger partial charge < -0.3 is 38.4 Å². The molecular formula is C24H25NO8. The number of fused-ring (bicyclic) bond motifs is 2. The van der Waals surface area contributed by atoms with Gasteiger partial charge in [0.2, 0.25) is 12.5 Å². The summed E-state index contributed by atoms with van der Waals surface area (Å²) in [6, 6.07) is 6.11. The van der Waals surface area contributed by atoms with Crippen molar-refractivity contribution < 1.29 is 38.3 Å². The molecular weight excluding hydrogens is 430 g/mol. The van der Waals surface area contributed by atoms with E-state index in [9.17, 15) is 9.90 Å². The largest absolute Gasteiger partial charge is 0.507 e. The average molecular weight is 455 g/mol. The maximum Gasteiger partial charge on any atom is 0.340 e. The molecule has 2 aliphatic heterocycles. The monoisotopic (exact) mass is 455 g/mol. The van der Waals surface area contributed by atoms with Crippen molar-refractivity contribution in [2.45, 2.75) is 13.0 Å². The second-order valence-electron chi connectivity index (χ2n) is 7.14. The third kappa shape index (κ3) is 3.55. The third-order valence-electron chi connectivity index (χ3n) is 5.48. The van der Waals surface area contributed by atoms with Crippen molar-refractivity contribution in [2.75, 3.05) is 39.6 Å². The summed E-state index contributed by atoms with van der Waals surface area (Å²) in [4.78, 5) is 14.7. The molecule has 0 saturated carbocycles. The smallest absolute Gasteiger partial charge is 0.340 e. The number of rotatable bonds is 7. The minimum absolute atomic E-state index is 0.0481. The topological polar surface area (TPSA) is 95.9 Å². The number of esters is 1. The molecule has 1 unspecified atom stereocenters. The van der Waals surface area contributed by atoms with Gasteiger partial charge in [0, 0.05) is 29.4 Å². The molecule has 0 bridgehead atoms. The molecule has 2 aromatic rings. The Morgan fingerprint density at radius 2 is 1.76 bits per heavy atom. The van der Waals surface area contributed by atoms with Crippen LogP contribution in [0, 0.1) is 0 Å². The van der Waals surface area contributed by atoms with Gasteiger partial charge in [-0.05, 0) is 13.0 Å². The Balaban J connectivity index is 2.00. The highest BCUT2D eigenvalue weighted by molar-refractivity contribution is 6.03. The van der Waals surface area contributed by atoms with Crippen molar-refractivity contribution in [3.63, 3.8) is 0 Å². The highest BCUT2D eigenvalue weighted by atomic mass is 16.7. The van der Waals surface area contributed by atoms with Gasteiger partial charge in [-0.2, -0.15) is 0 Å². The summed E-state index contributed by atoms with van der Waals surface area (Å²) < 4.78 is 32.8. The molecule has 0 spiro atoms. The van der Waals surface area contributed by atoms with Crippen LogP contribution in [0.25, 0.3) is 5.76 Å². The molecule has 2 aromatic carbocycles. The number of benzene rings is 2. The summed E-state index contributed by atoms with van der Waals surface area (Å²) in [6.07, 6.45) is 1.55. The third-order valence-corrected chi connectivity index (χ3v) is 5.48. The first-order valence-corrected chi connectivity index (χ1v) is 10.2. The van der Waals surface area contributed by atoms with Crippen molar-refractivity contribution in [3.8, 4) is 28.7 Å². The van der Waals surface area contributed by atoms with Crippen molar-refractivity contribution in [1.82, 2.24) is 0 Å². The molecule has 2 heterocycles. The molecule has 33 heavy (non-hydrogen) atoms. The Bertz CT molecular complexity index is 1110. The Morgan fingerprint density at radius 1 is 1.12 bits per heavy atom. The number of hydrogen-bond donors (Lipinski definition) is 1. The van der Waals surface area contributed by atoms with E-state index in [2.05, 4.69) is 6.58 Å². The summed E-state index contributed by atoms with van der Waals surface area (Å²) in [6.45, 7) is 5.82. The van der Waals surface area contributed by atoms with Crippen molar-refractivity contribution >= 4 is 23.1 Å². The van der Waals surface area contributed by atoms with Crippen molar-refractivity contribution in [3.05, 3.63) is 48.1 Å². The number of aliphatic hydroxyl groups excluding tert-OH is 1. The van der Waals surface area contributed by atoms with E-state index < -0.39 is 12.0 Å². The molecule has 174 valence electrons. The van der Waals surface area contributed by atoms with Gasteiger partial charge in [0.25, 0.3) is 0 Å². The van der Waals surface area contributed by atoms with E-state index in [-0.39, 0.29) is 24.7 Å². The Labute approximate surface area is 191 Å². The lowest BCUT2D eigenvalue weighted by atomic mass is 9.92. The van der Waals surface area contributed by atoms with Gasteiger partial charge in [-0.1, -0.05) is 6.08 Å². The van der Waals surface area contributed by atoms with Crippen LogP contribution in [0.3, 0.4) is 0 Å². The van der Waals surface area contributed by atoms with Crippen LogP contribution in [-0.2, 0) is 9.53 Å². The van der Waals surface area contributed by atoms with E-state index in [1.807, 2.05) is 4.90 Å². The second kappa shape index (κ2) is 8.85. The van der Waals surface area contributed by atoms with Crippen molar-refractivity contribution in [2.24, 2.45) is 0 Å². The summed E-state index contributed by atoms with van der Waals surface area (Å²) in [5.74, 6) is 1.38. The van der Waals surface area contributed by atoms with E-state index in [0.717, 1.165) is 0 Å². The Kier molecular flexibility index (Phi) is 5.95. The second-order valence-corrected chi connectivity index (χ2v) is 7.14. The number of carbonyl (C=O) groups excluding carboxylic acids is 1. The van der Waals surface area contributed by atoms with Crippen LogP contribution in [0.5, 0.6) is 28.7 Å². The quantitative estimate of drug-likeness (QED) is 0.491. The van der Waals surface area contributed by atoms with E-state index >= 15 is 0 Å². The first-order chi connectivity index (χ1) is 16.0. The lowest BCUT2D eigenvalue weighted by Crippen LogP contribution is -2.38. The molecule has 1 N–H and O–H groups in total. The van der Waals surface area contributed by atoms with Crippen molar-refractivity contribution in [1.29, 1.82) is 0 Å². The number of carbonyl (C=O) groups is 1. The predicted molar refractivity (Wildman–Crippen MR) is 121 cm³/mol. The average Bonchev–Trinajstić information content (AvgIpc) is 3.29. The fourth-order valence-corrected chi connectivity index (χ4v) is 4.04. The standard InChI is InChI=1S/C24H25NO8/c1-6-15-21(24(27)31-7-2)22(26)14-10-17-18(33-12-32-17)11-16(14)25(15)13-8-19(28-3)23(30-5)20(9-13)29-4/h6,8-11,15,26H,1,7,12H2,2-5H3. The number of methoxy groups -OCH3 is 3. The number of aliphatic hydroxyl groups is 1. The number of ether oxygens (including phenoxy) is 6. The zero-order valence-corrected chi connectivity index (χ0v) is 18.8. The van der Waals surface area contributed by atoms with Gasteiger partial charge in [0.15, 0.2) is 23.0 Å². The first kappa shape index (κ1) is 22.2. The molecule has 0 saturated heterocycles.